The van der Waals surface area contributed by atoms with Gasteiger partial charge in [-0.25, -0.2) is 9.88 Å². The van der Waals surface area contributed by atoms with Crippen LogP contribution in [-0.4, -0.2) is 20.0 Å². The zero-order chi connectivity index (χ0) is 6.50. The first-order chi connectivity index (χ1) is 3.00. The molecule has 0 aromatic heterocycles. The Labute approximate surface area is 86.1 Å². The first-order valence-electron chi connectivity index (χ1n) is 0.952. The molecule has 0 atom stereocenters. The van der Waals surface area contributed by atoms with Gasteiger partial charge < -0.3 is 16.1 Å². The summed E-state index contributed by atoms with van der Waals surface area (Å²) >= 11 is 0. The van der Waals surface area contributed by atoms with Gasteiger partial charge in [-0.05, 0) is 0 Å². The van der Waals surface area contributed by atoms with Gasteiger partial charge in [-0.2, -0.15) is 0 Å². The summed E-state index contributed by atoms with van der Waals surface area (Å²) in [5.41, 5.74) is 0. The van der Waals surface area contributed by atoms with Crippen LogP contribution in [0.4, 0.5) is 4.53 Å². The standard InChI is InChI=1S/FHO.Na.H3O4P.V.H/c1-2;;1-5(2,3)4;;/h2H;;(H3,1,2,3,4);;/q;+1;;;-1. The van der Waals surface area contributed by atoms with Gasteiger partial charge in [0.2, 0.25) is 0 Å². The van der Waals surface area contributed by atoms with Crippen LogP contribution in [0.3, 0.4) is 0 Å². The zero-order valence-corrected chi connectivity index (χ0v) is 8.76. The number of hydrogen-bond donors (Lipinski definition) is 4. The van der Waals surface area contributed by atoms with Crippen LogP contribution < -0.4 is 29.6 Å². The van der Waals surface area contributed by atoms with E-state index in [1.807, 2.05) is 0 Å². The second-order valence-electron chi connectivity index (χ2n) is 0.513. The minimum Gasteiger partial charge on any atom is -1.00 e. The van der Waals surface area contributed by atoms with Crippen LogP contribution in [-0.2, 0) is 23.1 Å². The smallest absolute Gasteiger partial charge is 1.00 e. The predicted molar refractivity (Wildman–Crippen MR) is 18.7 cm³/mol. The number of phosphoric acid groups is 1. The average molecular weight is 209 g/mol. The van der Waals surface area contributed by atoms with Gasteiger partial charge in [0.05, 0.1) is 0 Å². The van der Waals surface area contributed by atoms with E-state index in [0.29, 0.717) is 0 Å². The van der Waals surface area contributed by atoms with Crippen LogP contribution >= 0.6 is 7.82 Å². The van der Waals surface area contributed by atoms with E-state index in [9.17, 15) is 0 Å². The fourth-order valence-electron chi connectivity index (χ4n) is 0. The maximum atomic E-state index is 8.88. The van der Waals surface area contributed by atoms with Crippen molar-refractivity contribution in [3.8, 4) is 0 Å². The molecule has 0 saturated heterocycles. The molecule has 0 aliphatic rings. The number of hydrogen-bond acceptors (Lipinski definition) is 2. The molecule has 0 heterocycles. The van der Waals surface area contributed by atoms with Gasteiger partial charge in [0.25, 0.3) is 0 Å². The second-order valence-corrected chi connectivity index (χ2v) is 1.54. The second kappa shape index (κ2) is 12.3. The van der Waals surface area contributed by atoms with Crippen LogP contribution in [0, 0.1) is 0 Å². The Morgan fingerprint density at radius 1 is 1.22 bits per heavy atom. The summed E-state index contributed by atoms with van der Waals surface area (Å²) < 4.78 is 17.4. The summed E-state index contributed by atoms with van der Waals surface area (Å²) in [5.74, 6) is 0. The molecule has 0 aliphatic heterocycles. The third kappa shape index (κ3) is 220. The molecule has 0 aromatic rings. The quantitative estimate of drug-likeness (QED) is 0.241. The fourth-order valence-corrected chi connectivity index (χ4v) is 0. The van der Waals surface area contributed by atoms with E-state index in [1.54, 1.807) is 0 Å². The molecule has 0 amide bonds. The molecule has 0 aromatic carbocycles. The molecule has 0 aliphatic carbocycles. The summed E-state index contributed by atoms with van der Waals surface area (Å²) in [6, 6.07) is 0. The number of halogens is 1. The van der Waals surface area contributed by atoms with E-state index in [1.165, 1.54) is 0 Å². The molecule has 5 nitrogen and oxygen atoms in total. The van der Waals surface area contributed by atoms with Crippen molar-refractivity contribution < 1.29 is 78.6 Å². The summed E-state index contributed by atoms with van der Waals surface area (Å²) in [4.78, 5) is 21.6. The van der Waals surface area contributed by atoms with Crippen LogP contribution in [0.15, 0.2) is 0 Å². The molecular weight excluding hydrogens is 204 g/mol. The molecule has 0 spiro atoms. The van der Waals surface area contributed by atoms with Crippen molar-refractivity contribution in [2.75, 3.05) is 0 Å². The summed E-state index contributed by atoms with van der Waals surface area (Å²) in [5, 5.41) is 5.50. The molecule has 9 heteroatoms. The van der Waals surface area contributed by atoms with E-state index in [0.717, 1.165) is 0 Å². The first-order valence-corrected chi connectivity index (χ1v) is 2.52. The average Bonchev–Trinajstić information content (AvgIpc) is 1.36. The van der Waals surface area contributed by atoms with Gasteiger partial charge in [-0.3, -0.25) is 0 Å². The van der Waals surface area contributed by atoms with E-state index >= 15 is 0 Å². The van der Waals surface area contributed by atoms with Crippen LogP contribution in [0.5, 0.6) is 0 Å². The Bertz CT molecular complexity index is 67.8. The van der Waals surface area contributed by atoms with E-state index in [2.05, 4.69) is 0 Å². The Morgan fingerprint density at radius 2 is 1.22 bits per heavy atom. The summed E-state index contributed by atoms with van der Waals surface area (Å²) in [6.07, 6.45) is 0. The molecular formula is H5FNaO5PV. The Kier molecular flexibility index (Phi) is 30.6. The van der Waals surface area contributed by atoms with Crippen LogP contribution in [0.1, 0.15) is 1.43 Å². The minimum atomic E-state index is -4.64. The van der Waals surface area contributed by atoms with Gasteiger partial charge in [0.1, 0.15) is 0 Å². The van der Waals surface area contributed by atoms with Crippen molar-refractivity contribution in [1.82, 2.24) is 0 Å². The summed E-state index contributed by atoms with van der Waals surface area (Å²) in [6.45, 7) is 0. The van der Waals surface area contributed by atoms with Gasteiger partial charge in [-0.1, -0.05) is 4.53 Å². The topological polar surface area (TPSA) is 98.0 Å². The van der Waals surface area contributed by atoms with Crippen molar-refractivity contribution in [1.29, 1.82) is 0 Å². The van der Waals surface area contributed by atoms with Crippen molar-refractivity contribution >= 4 is 7.82 Å². The molecule has 0 unspecified atom stereocenters. The van der Waals surface area contributed by atoms with Crippen molar-refractivity contribution in [3.63, 3.8) is 0 Å². The number of rotatable bonds is 0. The van der Waals surface area contributed by atoms with Gasteiger partial charge in [-0.15, -0.1) is 0 Å². The monoisotopic (exact) mass is 209 g/mol. The predicted octanol–water partition coefficient (Wildman–Crippen LogP) is -3.95. The molecule has 53 valence electrons. The van der Waals surface area contributed by atoms with E-state index in [4.69, 9.17) is 29.1 Å². The Morgan fingerprint density at radius 3 is 1.22 bits per heavy atom. The molecule has 0 rings (SSSR count). The first kappa shape index (κ1) is 22.4. The normalized spacial score (nSPS) is 7.22. The van der Waals surface area contributed by atoms with Gasteiger partial charge in [0, 0.05) is 18.6 Å². The molecule has 0 fully saturated rings. The van der Waals surface area contributed by atoms with Crippen LogP contribution in [0.25, 0.3) is 0 Å². The minimum absolute atomic E-state index is 0. The van der Waals surface area contributed by atoms with Crippen molar-refractivity contribution in [3.05, 3.63) is 0 Å². The van der Waals surface area contributed by atoms with Gasteiger partial charge >= 0.3 is 37.4 Å². The SMILES string of the molecule is O=P(O)(O)O.OF.[H-].[Na+].[V]. The fraction of sp³-hybridized carbons (Fsp3) is 0. The largest absolute Gasteiger partial charge is 1.00 e. The molecule has 1 radical (unpaired) electrons. The maximum absolute atomic E-state index is 8.88. The Hall–Kier alpha value is 1.58. The molecule has 9 heavy (non-hydrogen) atoms. The zero-order valence-electron chi connectivity index (χ0n) is 5.47. The maximum Gasteiger partial charge on any atom is 1.00 e. The molecule has 0 saturated carbocycles. The van der Waals surface area contributed by atoms with Crippen molar-refractivity contribution in [2.45, 2.75) is 0 Å². The van der Waals surface area contributed by atoms with Crippen molar-refractivity contribution in [2.24, 2.45) is 0 Å². The van der Waals surface area contributed by atoms with Gasteiger partial charge in [0.15, 0.2) is 0 Å². The third-order valence-electron chi connectivity index (χ3n) is 0. The van der Waals surface area contributed by atoms with E-state index in [-0.39, 0.29) is 49.5 Å². The Balaban J connectivity index is -0.0000000154. The van der Waals surface area contributed by atoms with E-state index < -0.39 is 7.82 Å². The van der Waals surface area contributed by atoms with Crippen LogP contribution in [0.2, 0.25) is 0 Å². The summed E-state index contributed by atoms with van der Waals surface area (Å²) in [7, 11) is -4.64. The molecule has 0 bridgehead atoms. The molecule has 4 N–H and O–H groups in total. The third-order valence-corrected chi connectivity index (χ3v) is 0.